The summed E-state index contributed by atoms with van der Waals surface area (Å²) in [5.74, 6) is 0.569. The Morgan fingerprint density at radius 1 is 1.47 bits per heavy atom. The van der Waals surface area contributed by atoms with Crippen molar-refractivity contribution in [1.82, 2.24) is 14.3 Å². The molecule has 2 N–H and O–H groups in total. The number of amides is 1. The molecule has 2 unspecified atom stereocenters. The predicted octanol–water partition coefficient (Wildman–Crippen LogP) is -0.0929. The highest BCUT2D eigenvalue weighted by Gasteiger charge is 2.54. The van der Waals surface area contributed by atoms with Crippen LogP contribution >= 0.6 is 0 Å². The highest BCUT2D eigenvalue weighted by Crippen LogP contribution is 2.41. The number of fused-ring (bicyclic) bond motifs is 1. The Kier molecular flexibility index (Phi) is 3.76. The van der Waals surface area contributed by atoms with E-state index in [1.807, 2.05) is 18.6 Å². The van der Waals surface area contributed by atoms with E-state index in [1.165, 1.54) is 4.31 Å². The third-order valence-electron chi connectivity index (χ3n) is 4.07. The predicted molar refractivity (Wildman–Crippen MR) is 69.7 cm³/mol. The third-order valence-corrected chi connectivity index (χ3v) is 5.69. The van der Waals surface area contributed by atoms with Gasteiger partial charge in [-0.15, -0.1) is 0 Å². The van der Waals surface area contributed by atoms with Crippen LogP contribution in [0.1, 0.15) is 20.8 Å². The standard InChI is InChI=1S/C11H21N3O4S/c1-4-18-10(15)13-19(16,17)14-7-8-5-12-6-9(8)11(14,2)3/h8-9,12H,4-7H2,1-3H3,(H,13,15). The van der Waals surface area contributed by atoms with Crippen molar-refractivity contribution in [1.29, 1.82) is 0 Å². The minimum Gasteiger partial charge on any atom is -0.449 e. The Morgan fingerprint density at radius 2 is 2.16 bits per heavy atom. The quantitative estimate of drug-likeness (QED) is 0.758. The summed E-state index contributed by atoms with van der Waals surface area (Å²) in [6, 6.07) is 0. The van der Waals surface area contributed by atoms with Crippen LogP contribution in [0.2, 0.25) is 0 Å². The molecular formula is C11H21N3O4S. The molecule has 0 aromatic rings. The molecule has 2 aliphatic heterocycles. The first-order valence-corrected chi connectivity index (χ1v) is 7.91. The van der Waals surface area contributed by atoms with Gasteiger partial charge in [0.05, 0.1) is 6.61 Å². The molecule has 2 saturated heterocycles. The van der Waals surface area contributed by atoms with Gasteiger partial charge in [-0.2, -0.15) is 12.7 Å². The summed E-state index contributed by atoms with van der Waals surface area (Å²) in [6.45, 7) is 7.62. The fourth-order valence-corrected chi connectivity index (χ4v) is 4.64. The molecule has 2 atom stereocenters. The SMILES string of the molecule is CCOC(=O)NS(=O)(=O)N1CC2CNCC2C1(C)C. The second-order valence-electron chi connectivity index (χ2n) is 5.54. The Balaban J connectivity index is 2.15. The molecule has 2 heterocycles. The first-order valence-electron chi connectivity index (χ1n) is 6.47. The number of rotatable bonds is 3. The molecule has 2 rings (SSSR count). The van der Waals surface area contributed by atoms with Crippen LogP contribution in [0.25, 0.3) is 0 Å². The van der Waals surface area contributed by atoms with Gasteiger partial charge < -0.3 is 10.1 Å². The van der Waals surface area contributed by atoms with E-state index in [0.29, 0.717) is 12.5 Å². The van der Waals surface area contributed by atoms with Crippen LogP contribution in [0.3, 0.4) is 0 Å². The van der Waals surface area contributed by atoms with Crippen LogP contribution in [-0.2, 0) is 14.9 Å². The van der Waals surface area contributed by atoms with Gasteiger partial charge in [-0.25, -0.2) is 9.52 Å². The fraction of sp³-hybridized carbons (Fsp3) is 0.909. The highest BCUT2D eigenvalue weighted by atomic mass is 32.2. The summed E-state index contributed by atoms with van der Waals surface area (Å²) < 4.78 is 32.5. The zero-order chi connectivity index (χ0) is 14.3. The second-order valence-corrected chi connectivity index (χ2v) is 7.13. The van der Waals surface area contributed by atoms with Crippen molar-refractivity contribution in [3.8, 4) is 0 Å². The van der Waals surface area contributed by atoms with Crippen molar-refractivity contribution >= 4 is 16.3 Å². The maximum atomic E-state index is 12.3. The molecule has 7 nitrogen and oxygen atoms in total. The van der Waals surface area contributed by atoms with E-state index in [9.17, 15) is 13.2 Å². The van der Waals surface area contributed by atoms with Crippen LogP contribution in [0, 0.1) is 11.8 Å². The van der Waals surface area contributed by atoms with Gasteiger partial charge in [-0.05, 0) is 39.2 Å². The molecule has 110 valence electrons. The molecule has 1 amide bonds. The molecule has 2 fully saturated rings. The summed E-state index contributed by atoms with van der Waals surface area (Å²) in [7, 11) is -3.85. The van der Waals surface area contributed by atoms with Gasteiger partial charge in [0, 0.05) is 18.6 Å². The second kappa shape index (κ2) is 4.92. The van der Waals surface area contributed by atoms with Crippen LogP contribution < -0.4 is 10.0 Å². The summed E-state index contributed by atoms with van der Waals surface area (Å²) in [5, 5.41) is 3.28. The minimum atomic E-state index is -3.85. The number of hydrogen-bond acceptors (Lipinski definition) is 5. The van der Waals surface area contributed by atoms with Crippen LogP contribution in [0.4, 0.5) is 4.79 Å². The molecule has 0 aromatic heterocycles. The monoisotopic (exact) mass is 291 g/mol. The average Bonchev–Trinajstić information content (AvgIpc) is 2.81. The molecule has 0 bridgehead atoms. The van der Waals surface area contributed by atoms with E-state index in [0.717, 1.165) is 13.1 Å². The molecule has 0 radical (unpaired) electrons. The molecule has 0 saturated carbocycles. The van der Waals surface area contributed by atoms with E-state index in [4.69, 9.17) is 0 Å². The van der Waals surface area contributed by atoms with Crippen molar-refractivity contribution in [2.24, 2.45) is 11.8 Å². The van der Waals surface area contributed by atoms with Crippen molar-refractivity contribution < 1.29 is 17.9 Å². The zero-order valence-electron chi connectivity index (χ0n) is 11.5. The van der Waals surface area contributed by atoms with Crippen molar-refractivity contribution in [3.63, 3.8) is 0 Å². The topological polar surface area (TPSA) is 87.7 Å². The smallest absolute Gasteiger partial charge is 0.421 e. The Labute approximate surface area is 113 Å². The van der Waals surface area contributed by atoms with Crippen molar-refractivity contribution in [2.75, 3.05) is 26.2 Å². The van der Waals surface area contributed by atoms with Crippen LogP contribution in [0.5, 0.6) is 0 Å². The van der Waals surface area contributed by atoms with Crippen molar-refractivity contribution in [2.45, 2.75) is 26.3 Å². The number of nitrogens with zero attached hydrogens (tertiary/aromatic N) is 1. The molecular weight excluding hydrogens is 270 g/mol. The average molecular weight is 291 g/mol. The van der Waals surface area contributed by atoms with Crippen LogP contribution in [0.15, 0.2) is 0 Å². The number of ether oxygens (including phenoxy) is 1. The van der Waals surface area contributed by atoms with Gasteiger partial charge in [-0.1, -0.05) is 0 Å². The number of nitrogens with one attached hydrogen (secondary N) is 2. The van der Waals surface area contributed by atoms with Crippen LogP contribution in [-0.4, -0.2) is 50.6 Å². The minimum absolute atomic E-state index is 0.139. The normalized spacial score (nSPS) is 30.1. The summed E-state index contributed by atoms with van der Waals surface area (Å²) in [5.41, 5.74) is -0.507. The molecule has 8 heteroatoms. The number of hydrogen-bond donors (Lipinski definition) is 2. The van der Waals surface area contributed by atoms with E-state index in [1.54, 1.807) is 6.92 Å². The van der Waals surface area contributed by atoms with Gasteiger partial charge in [0.1, 0.15) is 0 Å². The lowest BCUT2D eigenvalue weighted by atomic mass is 9.85. The van der Waals surface area contributed by atoms with Gasteiger partial charge in [0.2, 0.25) is 0 Å². The van der Waals surface area contributed by atoms with Gasteiger partial charge in [0.15, 0.2) is 0 Å². The molecule has 0 aliphatic carbocycles. The zero-order valence-corrected chi connectivity index (χ0v) is 12.3. The van der Waals surface area contributed by atoms with E-state index in [2.05, 4.69) is 10.1 Å². The molecule has 0 aromatic carbocycles. The lowest BCUT2D eigenvalue weighted by Crippen LogP contribution is -2.52. The van der Waals surface area contributed by atoms with E-state index >= 15 is 0 Å². The Hall–Kier alpha value is -0.860. The van der Waals surface area contributed by atoms with Gasteiger partial charge in [0.25, 0.3) is 0 Å². The van der Waals surface area contributed by atoms with E-state index in [-0.39, 0.29) is 12.5 Å². The summed E-state index contributed by atoms with van der Waals surface area (Å²) in [4.78, 5) is 11.3. The largest absolute Gasteiger partial charge is 0.449 e. The summed E-state index contributed by atoms with van der Waals surface area (Å²) in [6.07, 6.45) is -0.923. The molecule has 2 aliphatic rings. The van der Waals surface area contributed by atoms with Gasteiger partial charge >= 0.3 is 16.3 Å². The molecule has 19 heavy (non-hydrogen) atoms. The van der Waals surface area contributed by atoms with Crippen molar-refractivity contribution in [3.05, 3.63) is 0 Å². The lowest BCUT2D eigenvalue weighted by molar-refractivity contribution is 0.157. The first kappa shape index (κ1) is 14.5. The number of carbonyl (C=O) groups is 1. The lowest BCUT2D eigenvalue weighted by Gasteiger charge is -2.34. The maximum absolute atomic E-state index is 12.3. The van der Waals surface area contributed by atoms with E-state index < -0.39 is 21.8 Å². The van der Waals surface area contributed by atoms with Gasteiger partial charge in [-0.3, -0.25) is 0 Å². The maximum Gasteiger partial charge on any atom is 0.421 e. The summed E-state index contributed by atoms with van der Waals surface area (Å²) >= 11 is 0. The number of carbonyl (C=O) groups excluding carboxylic acids is 1. The Morgan fingerprint density at radius 3 is 2.74 bits per heavy atom. The molecule has 0 spiro atoms. The third kappa shape index (κ3) is 2.56. The Bertz CT molecular complexity index is 463. The fourth-order valence-electron chi connectivity index (χ4n) is 3.11. The highest BCUT2D eigenvalue weighted by molar-refractivity contribution is 7.87. The first-order chi connectivity index (χ1) is 8.79.